The summed E-state index contributed by atoms with van der Waals surface area (Å²) in [7, 11) is 0. The van der Waals surface area contributed by atoms with Crippen LogP contribution in [0.1, 0.15) is 94.4 Å². The second kappa shape index (κ2) is 9.70. The molecule has 1 N–H and O–H groups in total. The van der Waals surface area contributed by atoms with E-state index in [0.29, 0.717) is 28.1 Å². The Kier molecular flexibility index (Phi) is 6.89. The number of fused-ring (bicyclic) bond motifs is 2. The van der Waals surface area contributed by atoms with E-state index in [1.807, 2.05) is 13.8 Å². The summed E-state index contributed by atoms with van der Waals surface area (Å²) in [5.74, 6) is -1.95. The molecule has 1 aliphatic heterocycles. The monoisotopic (exact) mass is 482 g/mol. The van der Waals surface area contributed by atoms with Crippen LogP contribution >= 0.6 is 11.3 Å². The van der Waals surface area contributed by atoms with E-state index in [1.54, 1.807) is 31.2 Å². The van der Waals surface area contributed by atoms with Gasteiger partial charge in [0.1, 0.15) is 11.0 Å². The van der Waals surface area contributed by atoms with Crippen molar-refractivity contribution in [3.05, 3.63) is 51.4 Å². The van der Waals surface area contributed by atoms with Gasteiger partial charge in [0.15, 0.2) is 0 Å². The molecular weight excluding hydrogens is 452 g/mol. The van der Waals surface area contributed by atoms with Gasteiger partial charge in [-0.15, -0.1) is 11.3 Å². The highest BCUT2D eigenvalue weighted by Crippen LogP contribution is 2.44. The van der Waals surface area contributed by atoms with E-state index in [9.17, 15) is 19.2 Å². The topological polar surface area (TPSA) is 92.8 Å². The molecule has 1 aromatic heterocycles. The fourth-order valence-electron chi connectivity index (χ4n) is 4.90. The fraction of sp³-hybridized carbons (Fsp3) is 0.462. The van der Waals surface area contributed by atoms with E-state index in [-0.39, 0.29) is 18.4 Å². The van der Waals surface area contributed by atoms with Gasteiger partial charge >= 0.3 is 5.97 Å². The summed E-state index contributed by atoms with van der Waals surface area (Å²) in [4.78, 5) is 55.0. The van der Waals surface area contributed by atoms with Crippen LogP contribution in [0.25, 0.3) is 0 Å². The largest absolute Gasteiger partial charge is 0.462 e. The smallest absolute Gasteiger partial charge is 0.341 e. The van der Waals surface area contributed by atoms with E-state index in [1.165, 1.54) is 11.3 Å². The molecule has 8 heteroatoms. The summed E-state index contributed by atoms with van der Waals surface area (Å²) >= 11 is 1.40. The lowest BCUT2D eigenvalue weighted by Gasteiger charge is -2.29. The zero-order valence-corrected chi connectivity index (χ0v) is 20.8. The number of carbonyl (C=O) groups excluding carboxylic acids is 4. The highest BCUT2D eigenvalue weighted by atomic mass is 32.1. The Morgan fingerprint density at radius 3 is 2.41 bits per heavy atom. The van der Waals surface area contributed by atoms with Gasteiger partial charge in [-0.05, 0) is 55.7 Å². The van der Waals surface area contributed by atoms with E-state index in [4.69, 9.17) is 4.74 Å². The molecule has 3 atom stereocenters. The summed E-state index contributed by atoms with van der Waals surface area (Å²) in [5.41, 5.74) is 1.97. The normalized spacial score (nSPS) is 18.8. The predicted molar refractivity (Wildman–Crippen MR) is 130 cm³/mol. The highest BCUT2D eigenvalue weighted by Gasteiger charge is 2.45. The molecular formula is C26H30N2O5S. The Morgan fingerprint density at radius 1 is 1.18 bits per heavy atom. The maximum atomic E-state index is 13.7. The number of amides is 3. The van der Waals surface area contributed by atoms with Crippen molar-refractivity contribution in [2.45, 2.75) is 65.3 Å². The zero-order valence-electron chi connectivity index (χ0n) is 20.0. The molecule has 0 spiro atoms. The van der Waals surface area contributed by atoms with Crippen molar-refractivity contribution in [3.8, 4) is 0 Å². The van der Waals surface area contributed by atoms with Crippen molar-refractivity contribution < 1.29 is 23.9 Å². The standard InChI is InChI=1S/C26H30N2O5S/c1-5-14(3)21(28-24(30)16-11-7-8-12-17(16)25(28)31)22(29)27-23-20(26(32)33-6-2)19-15(4)10-9-13-18(19)34-23/h7-8,11-12,14-15,21H,5-6,9-10,13H2,1-4H3,(H,27,29). The van der Waals surface area contributed by atoms with Gasteiger partial charge in [0.05, 0.1) is 23.3 Å². The number of anilines is 1. The predicted octanol–water partition coefficient (Wildman–Crippen LogP) is 5.01. The van der Waals surface area contributed by atoms with Crippen molar-refractivity contribution in [2.75, 3.05) is 11.9 Å². The number of esters is 1. The summed E-state index contributed by atoms with van der Waals surface area (Å²) < 4.78 is 5.33. The van der Waals surface area contributed by atoms with E-state index in [2.05, 4.69) is 12.2 Å². The third kappa shape index (κ3) is 4.04. The maximum Gasteiger partial charge on any atom is 0.341 e. The number of rotatable bonds is 7. The van der Waals surface area contributed by atoms with Gasteiger partial charge in [0, 0.05) is 4.88 Å². The molecule has 2 aromatic rings. The maximum absolute atomic E-state index is 13.7. The van der Waals surface area contributed by atoms with Crippen molar-refractivity contribution in [1.29, 1.82) is 0 Å². The summed E-state index contributed by atoms with van der Waals surface area (Å²) in [6.45, 7) is 7.83. The minimum atomic E-state index is -0.996. The molecule has 7 nitrogen and oxygen atoms in total. The first-order valence-electron chi connectivity index (χ1n) is 11.9. The molecule has 2 heterocycles. The van der Waals surface area contributed by atoms with Crippen molar-refractivity contribution in [3.63, 3.8) is 0 Å². The Labute approximate surface area is 203 Å². The zero-order chi connectivity index (χ0) is 24.6. The molecule has 34 heavy (non-hydrogen) atoms. The van der Waals surface area contributed by atoms with Crippen LogP contribution in [-0.2, 0) is 16.0 Å². The second-order valence-electron chi connectivity index (χ2n) is 9.00. The second-order valence-corrected chi connectivity index (χ2v) is 10.1. The molecule has 2 aliphatic rings. The van der Waals surface area contributed by atoms with Gasteiger partial charge in [-0.25, -0.2) is 4.79 Å². The molecule has 3 amide bonds. The van der Waals surface area contributed by atoms with Gasteiger partial charge in [-0.1, -0.05) is 39.3 Å². The van der Waals surface area contributed by atoms with Gasteiger partial charge < -0.3 is 10.1 Å². The van der Waals surface area contributed by atoms with Crippen LogP contribution in [-0.4, -0.2) is 41.2 Å². The number of hydrogen-bond acceptors (Lipinski definition) is 6. The molecule has 1 aromatic carbocycles. The van der Waals surface area contributed by atoms with Crippen molar-refractivity contribution in [2.24, 2.45) is 5.92 Å². The van der Waals surface area contributed by atoms with Crippen LogP contribution in [0, 0.1) is 5.92 Å². The van der Waals surface area contributed by atoms with Crippen molar-refractivity contribution in [1.82, 2.24) is 4.90 Å². The average molecular weight is 483 g/mol. The molecule has 4 rings (SSSR count). The number of benzene rings is 1. The molecule has 180 valence electrons. The third-order valence-electron chi connectivity index (χ3n) is 6.83. The minimum Gasteiger partial charge on any atom is -0.462 e. The van der Waals surface area contributed by atoms with E-state index in [0.717, 1.165) is 34.6 Å². The molecule has 0 saturated carbocycles. The molecule has 0 fully saturated rings. The first-order valence-corrected chi connectivity index (χ1v) is 12.7. The number of imide groups is 1. The Hall–Kier alpha value is -3.00. The fourth-order valence-corrected chi connectivity index (χ4v) is 6.26. The molecule has 0 bridgehead atoms. The molecule has 0 saturated heterocycles. The van der Waals surface area contributed by atoms with Crippen LogP contribution in [0.3, 0.4) is 0 Å². The van der Waals surface area contributed by atoms with Gasteiger partial charge in [-0.2, -0.15) is 0 Å². The quantitative estimate of drug-likeness (QED) is 0.442. The number of hydrogen-bond donors (Lipinski definition) is 1. The summed E-state index contributed by atoms with van der Waals surface area (Å²) in [5, 5.41) is 3.36. The van der Waals surface area contributed by atoms with Crippen LogP contribution in [0.5, 0.6) is 0 Å². The van der Waals surface area contributed by atoms with Crippen LogP contribution in [0.4, 0.5) is 5.00 Å². The Morgan fingerprint density at radius 2 is 1.82 bits per heavy atom. The highest BCUT2D eigenvalue weighted by molar-refractivity contribution is 7.17. The number of aryl methyl sites for hydroxylation is 1. The van der Waals surface area contributed by atoms with Crippen LogP contribution in [0.2, 0.25) is 0 Å². The third-order valence-corrected chi connectivity index (χ3v) is 8.01. The first kappa shape index (κ1) is 24.1. The van der Waals surface area contributed by atoms with Crippen molar-refractivity contribution >= 4 is 40.0 Å². The average Bonchev–Trinajstić information content (AvgIpc) is 3.31. The van der Waals surface area contributed by atoms with Crippen LogP contribution in [0.15, 0.2) is 24.3 Å². The van der Waals surface area contributed by atoms with Crippen LogP contribution < -0.4 is 5.32 Å². The van der Waals surface area contributed by atoms with Gasteiger partial charge in [0.25, 0.3) is 11.8 Å². The first-order chi connectivity index (χ1) is 16.3. The molecule has 3 unspecified atom stereocenters. The number of nitrogens with one attached hydrogen (secondary N) is 1. The number of carbonyl (C=O) groups is 4. The van der Waals surface area contributed by atoms with E-state index >= 15 is 0 Å². The van der Waals surface area contributed by atoms with E-state index < -0.39 is 29.7 Å². The number of thiophene rings is 1. The Balaban J connectivity index is 1.71. The lowest BCUT2D eigenvalue weighted by molar-refractivity contribution is -0.121. The molecule has 0 radical (unpaired) electrons. The Bertz CT molecular complexity index is 1120. The number of ether oxygens (including phenoxy) is 1. The summed E-state index contributed by atoms with van der Waals surface area (Å²) in [6, 6.07) is 5.62. The summed E-state index contributed by atoms with van der Waals surface area (Å²) in [6.07, 6.45) is 3.43. The SMILES string of the molecule is CCOC(=O)c1c(NC(=O)C(C(C)CC)N2C(=O)c3ccccc3C2=O)sc2c1C(C)CCC2. The lowest BCUT2D eigenvalue weighted by Crippen LogP contribution is -2.50. The molecule has 1 aliphatic carbocycles. The van der Waals surface area contributed by atoms with Gasteiger partial charge in [0.2, 0.25) is 5.91 Å². The number of nitrogens with zero attached hydrogens (tertiary/aromatic N) is 1. The lowest BCUT2D eigenvalue weighted by atomic mass is 9.86. The van der Waals surface area contributed by atoms with Gasteiger partial charge in [-0.3, -0.25) is 19.3 Å². The minimum absolute atomic E-state index is 0.187.